The zero-order chi connectivity index (χ0) is 17.2. The summed E-state index contributed by atoms with van der Waals surface area (Å²) in [6.07, 6.45) is 7.51. The first-order chi connectivity index (χ1) is 11.6. The van der Waals surface area contributed by atoms with Gasteiger partial charge in [0, 0.05) is 38.6 Å². The third-order valence-corrected chi connectivity index (χ3v) is 5.91. The number of imidazole rings is 1. The number of rotatable bonds is 7. The molecule has 1 saturated heterocycles. The van der Waals surface area contributed by atoms with Crippen LogP contribution in [-0.4, -0.2) is 64.0 Å². The van der Waals surface area contributed by atoms with Gasteiger partial charge < -0.3 is 14.8 Å². The average molecular weight is 370 g/mol. The Bertz CT molecular complexity index is 566. The second-order valence-corrected chi connectivity index (χ2v) is 7.26. The van der Waals surface area contributed by atoms with Crippen LogP contribution in [0.1, 0.15) is 38.9 Å². The van der Waals surface area contributed by atoms with Gasteiger partial charge in [0.1, 0.15) is 5.82 Å². The molecule has 1 N–H and O–H groups in total. The predicted octanol–water partition coefficient (Wildman–Crippen LogP) is 1.65. The standard InChI is InChI=1S/C18H31N5O.ClH/c1-4-22(5-2)17(24)14-23(13-16-20-10-11-21(16)3)15-12-18(15)6-8-19-9-7-18;/h10-11,15,19H,4-9,12-14H2,1-3H3;1H. The summed E-state index contributed by atoms with van der Waals surface area (Å²) in [7, 11) is 2.03. The molecule has 3 rings (SSSR count). The molecule has 25 heavy (non-hydrogen) atoms. The molecule has 7 heteroatoms. The van der Waals surface area contributed by atoms with Gasteiger partial charge in [-0.15, -0.1) is 12.4 Å². The molecule has 1 unspecified atom stereocenters. The molecule has 1 aliphatic heterocycles. The molecule has 0 radical (unpaired) electrons. The summed E-state index contributed by atoms with van der Waals surface area (Å²) < 4.78 is 2.06. The van der Waals surface area contributed by atoms with Gasteiger partial charge in [-0.3, -0.25) is 9.69 Å². The second-order valence-electron chi connectivity index (χ2n) is 7.26. The van der Waals surface area contributed by atoms with Crippen molar-refractivity contribution < 1.29 is 4.79 Å². The maximum absolute atomic E-state index is 12.7. The molecule has 1 aliphatic carbocycles. The molecule has 0 bridgehead atoms. The Morgan fingerprint density at radius 2 is 2.04 bits per heavy atom. The van der Waals surface area contributed by atoms with Crippen molar-refractivity contribution in [1.29, 1.82) is 0 Å². The lowest BCUT2D eigenvalue weighted by atomic mass is 9.93. The third-order valence-electron chi connectivity index (χ3n) is 5.91. The summed E-state index contributed by atoms with van der Waals surface area (Å²) in [6.45, 7) is 9.15. The summed E-state index contributed by atoms with van der Waals surface area (Å²) in [5, 5.41) is 3.46. The summed E-state index contributed by atoms with van der Waals surface area (Å²) in [4.78, 5) is 21.5. The Morgan fingerprint density at radius 1 is 1.36 bits per heavy atom. The number of likely N-dealkylation sites (N-methyl/N-ethyl adjacent to an activating group) is 1. The van der Waals surface area contributed by atoms with E-state index in [2.05, 4.69) is 33.6 Å². The van der Waals surface area contributed by atoms with Crippen molar-refractivity contribution in [3.05, 3.63) is 18.2 Å². The Morgan fingerprint density at radius 3 is 2.60 bits per heavy atom. The number of carbonyl (C=O) groups is 1. The van der Waals surface area contributed by atoms with Crippen LogP contribution in [0.2, 0.25) is 0 Å². The average Bonchev–Trinajstić information content (AvgIpc) is 3.11. The topological polar surface area (TPSA) is 53.4 Å². The first-order valence-electron chi connectivity index (χ1n) is 9.28. The fraction of sp³-hybridized carbons (Fsp3) is 0.778. The van der Waals surface area contributed by atoms with E-state index in [0.29, 0.717) is 18.0 Å². The molecule has 0 aromatic carbocycles. The molecular weight excluding hydrogens is 338 g/mol. The van der Waals surface area contributed by atoms with Gasteiger partial charge in [0.15, 0.2) is 0 Å². The van der Waals surface area contributed by atoms with E-state index in [4.69, 9.17) is 0 Å². The second kappa shape index (κ2) is 8.52. The number of hydrogen-bond donors (Lipinski definition) is 1. The largest absolute Gasteiger partial charge is 0.342 e. The van der Waals surface area contributed by atoms with Gasteiger partial charge in [-0.25, -0.2) is 4.98 Å². The van der Waals surface area contributed by atoms with Crippen molar-refractivity contribution in [2.24, 2.45) is 12.5 Å². The summed E-state index contributed by atoms with van der Waals surface area (Å²) >= 11 is 0. The van der Waals surface area contributed by atoms with Crippen molar-refractivity contribution in [1.82, 2.24) is 24.7 Å². The zero-order valence-corrected chi connectivity index (χ0v) is 16.5. The van der Waals surface area contributed by atoms with Gasteiger partial charge in [0.05, 0.1) is 13.1 Å². The van der Waals surface area contributed by atoms with Crippen LogP contribution in [-0.2, 0) is 18.4 Å². The number of hydrogen-bond acceptors (Lipinski definition) is 4. The minimum atomic E-state index is 0. The Kier molecular flexibility index (Phi) is 6.88. The lowest BCUT2D eigenvalue weighted by molar-refractivity contribution is -0.132. The van der Waals surface area contributed by atoms with Crippen LogP contribution in [0.3, 0.4) is 0 Å². The van der Waals surface area contributed by atoms with E-state index in [0.717, 1.165) is 38.5 Å². The number of nitrogens with zero attached hydrogens (tertiary/aromatic N) is 4. The molecule has 142 valence electrons. The number of carbonyl (C=O) groups excluding carboxylic acids is 1. The lowest BCUT2D eigenvalue weighted by Crippen LogP contribution is -2.43. The fourth-order valence-corrected chi connectivity index (χ4v) is 4.16. The minimum Gasteiger partial charge on any atom is -0.342 e. The lowest BCUT2D eigenvalue weighted by Gasteiger charge is -2.30. The Hall–Kier alpha value is -1.11. The van der Waals surface area contributed by atoms with Gasteiger partial charge >= 0.3 is 0 Å². The van der Waals surface area contributed by atoms with E-state index in [9.17, 15) is 4.79 Å². The molecule has 1 amide bonds. The highest BCUT2D eigenvalue weighted by Gasteiger charge is 2.56. The maximum atomic E-state index is 12.7. The smallest absolute Gasteiger partial charge is 0.236 e. The van der Waals surface area contributed by atoms with E-state index >= 15 is 0 Å². The number of halogens is 1. The maximum Gasteiger partial charge on any atom is 0.236 e. The van der Waals surface area contributed by atoms with Crippen molar-refractivity contribution in [3.63, 3.8) is 0 Å². The van der Waals surface area contributed by atoms with Crippen molar-refractivity contribution in [2.75, 3.05) is 32.7 Å². The van der Waals surface area contributed by atoms with Crippen LogP contribution in [0.15, 0.2) is 12.4 Å². The van der Waals surface area contributed by atoms with Crippen LogP contribution >= 0.6 is 12.4 Å². The number of piperidine rings is 1. The highest BCUT2D eigenvalue weighted by molar-refractivity contribution is 5.85. The highest BCUT2D eigenvalue weighted by atomic mass is 35.5. The minimum absolute atomic E-state index is 0. The number of aromatic nitrogens is 2. The first kappa shape index (κ1) is 20.2. The molecular formula is C18H32ClN5O. The van der Waals surface area contributed by atoms with E-state index in [1.165, 1.54) is 19.3 Å². The van der Waals surface area contributed by atoms with Gasteiger partial charge in [-0.1, -0.05) is 0 Å². The molecule has 1 spiro atoms. The number of nitrogens with one attached hydrogen (secondary N) is 1. The number of aryl methyl sites for hydroxylation is 1. The zero-order valence-electron chi connectivity index (χ0n) is 15.7. The molecule has 6 nitrogen and oxygen atoms in total. The van der Waals surface area contributed by atoms with E-state index in [1.54, 1.807) is 0 Å². The molecule has 2 heterocycles. The van der Waals surface area contributed by atoms with Gasteiger partial charge in [-0.2, -0.15) is 0 Å². The molecule has 1 saturated carbocycles. The summed E-state index contributed by atoms with van der Waals surface area (Å²) in [5.74, 6) is 1.28. The van der Waals surface area contributed by atoms with E-state index in [1.807, 2.05) is 24.3 Å². The SMILES string of the molecule is CCN(CC)C(=O)CN(Cc1nccn1C)C1CC12CCNCC2.Cl. The van der Waals surface area contributed by atoms with E-state index < -0.39 is 0 Å². The summed E-state index contributed by atoms with van der Waals surface area (Å²) in [5.41, 5.74) is 0.431. The molecule has 1 aromatic rings. The molecule has 2 aliphatic rings. The number of amides is 1. The van der Waals surface area contributed by atoms with Gasteiger partial charge in [0.25, 0.3) is 0 Å². The third kappa shape index (κ3) is 4.36. The Balaban J connectivity index is 0.00000225. The van der Waals surface area contributed by atoms with Gasteiger partial charge in [0.2, 0.25) is 5.91 Å². The van der Waals surface area contributed by atoms with Crippen molar-refractivity contribution >= 4 is 18.3 Å². The van der Waals surface area contributed by atoms with Crippen molar-refractivity contribution in [3.8, 4) is 0 Å². The summed E-state index contributed by atoms with van der Waals surface area (Å²) in [6, 6.07) is 0.524. The van der Waals surface area contributed by atoms with Crippen LogP contribution in [0, 0.1) is 5.41 Å². The predicted molar refractivity (Wildman–Crippen MR) is 102 cm³/mol. The monoisotopic (exact) mass is 369 g/mol. The first-order valence-corrected chi connectivity index (χ1v) is 9.28. The van der Waals surface area contributed by atoms with Gasteiger partial charge in [-0.05, 0) is 51.6 Å². The van der Waals surface area contributed by atoms with Crippen molar-refractivity contribution in [2.45, 2.75) is 45.7 Å². The van der Waals surface area contributed by atoms with Crippen LogP contribution in [0.5, 0.6) is 0 Å². The fourth-order valence-electron chi connectivity index (χ4n) is 4.16. The van der Waals surface area contributed by atoms with E-state index in [-0.39, 0.29) is 18.3 Å². The normalized spacial score (nSPS) is 21.2. The highest BCUT2D eigenvalue weighted by Crippen LogP contribution is 2.55. The quantitative estimate of drug-likeness (QED) is 0.794. The molecule has 1 atom stereocenters. The van der Waals surface area contributed by atoms with Crippen LogP contribution in [0.25, 0.3) is 0 Å². The molecule has 1 aromatic heterocycles. The Labute approximate surface area is 157 Å². The van der Waals surface area contributed by atoms with Crippen LogP contribution in [0.4, 0.5) is 0 Å². The molecule has 2 fully saturated rings. The van der Waals surface area contributed by atoms with Crippen LogP contribution < -0.4 is 5.32 Å².